The number of halogens is 1. The van der Waals surface area contributed by atoms with Gasteiger partial charge in [-0.05, 0) is 49.2 Å². The molecule has 3 amide bonds. The van der Waals surface area contributed by atoms with Gasteiger partial charge in [0.15, 0.2) is 0 Å². The van der Waals surface area contributed by atoms with Crippen molar-refractivity contribution in [1.29, 1.82) is 0 Å². The van der Waals surface area contributed by atoms with Crippen LogP contribution in [0.25, 0.3) is 0 Å². The van der Waals surface area contributed by atoms with Crippen LogP contribution in [-0.4, -0.2) is 17.7 Å². The zero-order valence-electron chi connectivity index (χ0n) is 18.2. The zero-order chi connectivity index (χ0) is 23.5. The molecule has 2 N–H and O–H groups in total. The largest absolute Gasteiger partial charge is 0.350 e. The predicted octanol–water partition coefficient (Wildman–Crippen LogP) is 4.67. The monoisotopic (exact) mass is 459 g/mol. The lowest BCUT2D eigenvalue weighted by Crippen LogP contribution is -2.32. The number of amides is 3. The molecule has 4 rings (SSSR count). The third-order valence-corrected chi connectivity index (χ3v) is 5.66. The summed E-state index contributed by atoms with van der Waals surface area (Å²) in [5.74, 6) is -1.39. The van der Waals surface area contributed by atoms with Gasteiger partial charge in [0.1, 0.15) is 10.7 Å². The Hall–Kier alpha value is -3.90. The van der Waals surface area contributed by atoms with E-state index in [0.717, 1.165) is 21.6 Å². The lowest BCUT2D eigenvalue weighted by molar-refractivity contribution is -0.120. The molecule has 0 saturated heterocycles. The van der Waals surface area contributed by atoms with Gasteiger partial charge >= 0.3 is 0 Å². The van der Waals surface area contributed by atoms with Crippen LogP contribution in [0.15, 0.2) is 83.5 Å². The van der Waals surface area contributed by atoms with Crippen molar-refractivity contribution in [3.05, 3.63) is 106 Å². The van der Waals surface area contributed by atoms with Crippen LogP contribution in [0.5, 0.6) is 0 Å². The highest BCUT2D eigenvalue weighted by atomic mass is 35.5. The molecule has 7 heteroatoms. The lowest BCUT2D eigenvalue weighted by atomic mass is 10.1. The van der Waals surface area contributed by atoms with E-state index in [9.17, 15) is 14.4 Å². The first-order valence-electron chi connectivity index (χ1n) is 10.4. The van der Waals surface area contributed by atoms with Crippen LogP contribution in [0.3, 0.4) is 0 Å². The number of carbonyl (C=O) groups is 3. The normalized spacial score (nSPS) is 13.5. The average Bonchev–Trinajstić information content (AvgIpc) is 3.02. The molecule has 0 atom stereocenters. The summed E-state index contributed by atoms with van der Waals surface area (Å²) in [6.45, 7) is 4.16. The molecule has 0 unspecified atom stereocenters. The average molecular weight is 460 g/mol. The molecule has 1 aliphatic heterocycles. The van der Waals surface area contributed by atoms with Crippen LogP contribution in [0.1, 0.15) is 27.0 Å². The summed E-state index contributed by atoms with van der Waals surface area (Å²) < 4.78 is 0. The van der Waals surface area contributed by atoms with Crippen molar-refractivity contribution in [3.63, 3.8) is 0 Å². The molecule has 0 fully saturated rings. The summed E-state index contributed by atoms with van der Waals surface area (Å²) >= 11 is 6.25. The van der Waals surface area contributed by atoms with E-state index in [4.69, 9.17) is 11.6 Å². The number of aryl methyl sites for hydroxylation is 2. The highest BCUT2D eigenvalue weighted by Gasteiger charge is 2.39. The molecule has 0 bridgehead atoms. The molecule has 166 valence electrons. The van der Waals surface area contributed by atoms with Gasteiger partial charge < -0.3 is 10.6 Å². The van der Waals surface area contributed by atoms with Crippen molar-refractivity contribution >= 4 is 40.7 Å². The minimum absolute atomic E-state index is 0.0246. The first-order chi connectivity index (χ1) is 15.8. The van der Waals surface area contributed by atoms with Gasteiger partial charge in [-0.2, -0.15) is 0 Å². The summed E-state index contributed by atoms with van der Waals surface area (Å²) in [5.41, 5.74) is 4.14. The van der Waals surface area contributed by atoms with E-state index in [-0.39, 0.29) is 16.6 Å². The maximum absolute atomic E-state index is 13.1. The predicted molar refractivity (Wildman–Crippen MR) is 129 cm³/mol. The molecule has 0 radical (unpaired) electrons. The highest BCUT2D eigenvalue weighted by Crippen LogP contribution is 2.32. The Balaban J connectivity index is 1.51. The zero-order valence-corrected chi connectivity index (χ0v) is 18.9. The number of hydrogen-bond donors (Lipinski definition) is 2. The number of anilines is 2. The van der Waals surface area contributed by atoms with Crippen molar-refractivity contribution in [2.24, 2.45) is 0 Å². The van der Waals surface area contributed by atoms with E-state index in [1.54, 1.807) is 30.3 Å². The van der Waals surface area contributed by atoms with Crippen LogP contribution in [-0.2, 0) is 16.1 Å². The molecular weight excluding hydrogens is 438 g/mol. The van der Waals surface area contributed by atoms with Crippen LogP contribution in [0.4, 0.5) is 11.4 Å². The number of carbonyl (C=O) groups excluding carboxylic acids is 3. The molecule has 0 spiro atoms. The van der Waals surface area contributed by atoms with Gasteiger partial charge in [-0.15, -0.1) is 0 Å². The Kier molecular flexibility index (Phi) is 6.29. The number of nitrogens with one attached hydrogen (secondary N) is 2. The Morgan fingerprint density at radius 2 is 1.67 bits per heavy atom. The number of imide groups is 1. The van der Waals surface area contributed by atoms with Gasteiger partial charge in [-0.25, -0.2) is 4.90 Å². The molecule has 6 nitrogen and oxygen atoms in total. The highest BCUT2D eigenvalue weighted by molar-refractivity contribution is 6.53. The quantitative estimate of drug-likeness (QED) is 0.525. The fraction of sp³-hybridized carbons (Fsp3) is 0.115. The molecule has 1 heterocycles. The summed E-state index contributed by atoms with van der Waals surface area (Å²) in [7, 11) is 0. The Morgan fingerprint density at radius 3 is 2.39 bits per heavy atom. The van der Waals surface area contributed by atoms with Crippen molar-refractivity contribution < 1.29 is 14.4 Å². The van der Waals surface area contributed by atoms with E-state index in [0.29, 0.717) is 23.5 Å². The van der Waals surface area contributed by atoms with Gasteiger partial charge in [0.25, 0.3) is 17.7 Å². The maximum atomic E-state index is 13.1. The minimum Gasteiger partial charge on any atom is -0.350 e. The van der Waals surface area contributed by atoms with Gasteiger partial charge in [-0.1, -0.05) is 65.7 Å². The standard InChI is InChI=1S/C26H22ClN3O3/c1-16-11-12-21(17(2)13-16)30-25(32)22(27)23(26(30)33)29-20-10-6-9-19(14-20)24(31)28-15-18-7-4-3-5-8-18/h3-14,29H,15H2,1-2H3,(H,28,31). The fourth-order valence-electron chi connectivity index (χ4n) is 3.65. The molecule has 3 aromatic carbocycles. The molecular formula is C26H22ClN3O3. The molecule has 3 aromatic rings. The van der Waals surface area contributed by atoms with E-state index >= 15 is 0 Å². The number of benzene rings is 3. The Morgan fingerprint density at radius 1 is 0.909 bits per heavy atom. The fourth-order valence-corrected chi connectivity index (χ4v) is 3.86. The van der Waals surface area contributed by atoms with E-state index in [1.165, 1.54) is 0 Å². The number of nitrogens with zero attached hydrogens (tertiary/aromatic N) is 1. The van der Waals surface area contributed by atoms with Gasteiger partial charge in [-0.3, -0.25) is 14.4 Å². The lowest BCUT2D eigenvalue weighted by Gasteiger charge is -2.18. The van der Waals surface area contributed by atoms with Crippen LogP contribution >= 0.6 is 11.6 Å². The van der Waals surface area contributed by atoms with Crippen molar-refractivity contribution in [2.75, 3.05) is 10.2 Å². The first-order valence-corrected chi connectivity index (χ1v) is 10.8. The Labute approximate surface area is 196 Å². The van der Waals surface area contributed by atoms with Crippen molar-refractivity contribution in [1.82, 2.24) is 5.32 Å². The topological polar surface area (TPSA) is 78.5 Å². The van der Waals surface area contributed by atoms with Crippen LogP contribution < -0.4 is 15.5 Å². The third kappa shape index (κ3) is 4.66. The van der Waals surface area contributed by atoms with E-state index < -0.39 is 11.8 Å². The minimum atomic E-state index is -0.590. The second-order valence-electron chi connectivity index (χ2n) is 7.80. The van der Waals surface area contributed by atoms with Crippen molar-refractivity contribution in [2.45, 2.75) is 20.4 Å². The summed E-state index contributed by atoms with van der Waals surface area (Å²) in [6, 6.07) is 21.7. The SMILES string of the molecule is Cc1ccc(N2C(=O)C(Cl)=C(Nc3cccc(C(=O)NCc4ccccc4)c3)C2=O)c(C)c1. The summed E-state index contributed by atoms with van der Waals surface area (Å²) in [6.07, 6.45) is 0. The summed E-state index contributed by atoms with van der Waals surface area (Å²) in [4.78, 5) is 39.5. The molecule has 0 aliphatic carbocycles. The van der Waals surface area contributed by atoms with E-state index in [1.807, 2.05) is 56.3 Å². The first kappa shape index (κ1) is 22.3. The van der Waals surface area contributed by atoms with Gasteiger partial charge in [0.2, 0.25) is 0 Å². The summed E-state index contributed by atoms with van der Waals surface area (Å²) in [5, 5.41) is 5.60. The second-order valence-corrected chi connectivity index (χ2v) is 8.18. The smallest absolute Gasteiger partial charge is 0.283 e. The molecule has 0 saturated carbocycles. The van der Waals surface area contributed by atoms with Gasteiger partial charge in [0, 0.05) is 17.8 Å². The second kappa shape index (κ2) is 9.30. The molecule has 33 heavy (non-hydrogen) atoms. The number of rotatable bonds is 6. The molecule has 1 aliphatic rings. The van der Waals surface area contributed by atoms with Crippen LogP contribution in [0.2, 0.25) is 0 Å². The van der Waals surface area contributed by atoms with Gasteiger partial charge in [0.05, 0.1) is 5.69 Å². The molecule has 0 aromatic heterocycles. The van der Waals surface area contributed by atoms with Crippen molar-refractivity contribution in [3.8, 4) is 0 Å². The maximum Gasteiger partial charge on any atom is 0.283 e. The Bertz CT molecular complexity index is 1280. The third-order valence-electron chi connectivity index (χ3n) is 5.31. The number of hydrogen-bond acceptors (Lipinski definition) is 4. The van der Waals surface area contributed by atoms with E-state index in [2.05, 4.69) is 10.6 Å². The van der Waals surface area contributed by atoms with Crippen LogP contribution in [0, 0.1) is 13.8 Å².